The normalized spacial score (nSPS) is 19.5. The molecule has 0 amide bonds. The van der Waals surface area contributed by atoms with E-state index < -0.39 is 19.1 Å². The van der Waals surface area contributed by atoms with E-state index >= 15 is 0 Å². The Morgan fingerprint density at radius 1 is 0.627 bits per heavy atom. The number of para-hydroxylation sites is 2. The summed E-state index contributed by atoms with van der Waals surface area (Å²) in [6.07, 6.45) is 0. The first-order valence-corrected chi connectivity index (χ1v) is 19.3. The largest absolute Gasteiger partial charge is 0.456 e. The third kappa shape index (κ3) is 5.49. The van der Waals surface area contributed by atoms with Crippen LogP contribution in [0, 0.1) is 27.6 Å². The monoisotopic (exact) mass is 706 g/mol. The second-order valence-electron chi connectivity index (χ2n) is 14.6. The van der Waals surface area contributed by atoms with Crippen molar-refractivity contribution in [1.82, 2.24) is 0 Å². The molecule has 51 heavy (non-hydrogen) atoms. The molecule has 2 aliphatic rings. The Balaban J connectivity index is 1.36. The Bertz CT molecular complexity index is 2590. The zero-order valence-corrected chi connectivity index (χ0v) is 31.8. The lowest BCUT2D eigenvalue weighted by Crippen LogP contribution is -2.29. The lowest BCUT2D eigenvalue weighted by atomic mass is 9.71. The molecule has 2 heterocycles. The highest BCUT2D eigenvalue weighted by atomic mass is 32.2. The molecular formula is C47H45BOS2. The Labute approximate surface area is 321 Å². The van der Waals surface area contributed by atoms with Gasteiger partial charge in [0.05, 0.1) is 0 Å². The van der Waals surface area contributed by atoms with Crippen LogP contribution >= 0.6 is 23.4 Å². The molecule has 0 bridgehead atoms. The number of benzene rings is 6. The van der Waals surface area contributed by atoms with Crippen molar-refractivity contribution >= 4 is 34.8 Å². The van der Waals surface area contributed by atoms with Gasteiger partial charge in [0.2, 0.25) is 5.99 Å². The van der Waals surface area contributed by atoms with Crippen molar-refractivity contribution in [2.75, 3.05) is 0 Å². The zero-order chi connectivity index (χ0) is 40.8. The molecular weight excluding hydrogens is 655 g/mol. The molecule has 6 aromatic rings. The number of thioether (sulfide) groups is 1. The third-order valence-corrected chi connectivity index (χ3v) is 13.4. The minimum absolute atomic E-state index is 0.207. The van der Waals surface area contributed by atoms with Gasteiger partial charge in [-0.15, -0.1) is 11.8 Å². The number of hydrogen-bond donors (Lipinski definition) is 0. The summed E-state index contributed by atoms with van der Waals surface area (Å²) in [5.41, 5.74) is 10.2. The Hall–Kier alpha value is -4.12. The minimum Gasteiger partial charge on any atom is -0.456 e. The molecule has 1 nitrogen and oxygen atoms in total. The fraction of sp³-hybridized carbons (Fsp3) is 0.234. The first kappa shape index (κ1) is 27.5. The topological polar surface area (TPSA) is 9.23 Å². The molecule has 0 saturated heterocycles. The van der Waals surface area contributed by atoms with Crippen molar-refractivity contribution in [2.45, 2.75) is 82.0 Å². The fourth-order valence-electron chi connectivity index (χ4n) is 8.11. The summed E-state index contributed by atoms with van der Waals surface area (Å²) in [4.78, 5) is 2.55. The summed E-state index contributed by atoms with van der Waals surface area (Å²) in [6.45, 7) is 9.82. The first-order valence-electron chi connectivity index (χ1n) is 20.6. The second-order valence-corrected chi connectivity index (χ2v) is 17.6. The molecule has 1 unspecified atom stereocenters. The van der Waals surface area contributed by atoms with Gasteiger partial charge in [-0.25, -0.2) is 0 Å². The highest BCUT2D eigenvalue weighted by Gasteiger charge is 2.36. The van der Waals surface area contributed by atoms with Crippen LogP contribution in [-0.2, 0) is 10.2 Å². The smallest absolute Gasteiger partial charge is 0.246 e. The number of hydrogen-bond acceptors (Lipinski definition) is 3. The van der Waals surface area contributed by atoms with Gasteiger partial charge in [0.1, 0.15) is 11.5 Å². The number of aryl methyl sites for hydroxylation is 2. The van der Waals surface area contributed by atoms with E-state index in [9.17, 15) is 0 Å². The van der Waals surface area contributed by atoms with E-state index in [0.29, 0.717) is 39.3 Å². The molecule has 0 fully saturated rings. The van der Waals surface area contributed by atoms with Crippen LogP contribution in [0.1, 0.15) is 74.8 Å². The van der Waals surface area contributed by atoms with Crippen LogP contribution in [0.25, 0.3) is 33.4 Å². The molecule has 1 atom stereocenters. The molecule has 0 aliphatic carbocycles. The van der Waals surface area contributed by atoms with Gasteiger partial charge in [-0.1, -0.05) is 123 Å². The molecule has 0 spiro atoms. The van der Waals surface area contributed by atoms with Crippen LogP contribution in [0.5, 0.6) is 11.5 Å². The lowest BCUT2D eigenvalue weighted by Gasteiger charge is -2.35. The van der Waals surface area contributed by atoms with E-state index in [4.69, 9.17) is 13.0 Å². The van der Waals surface area contributed by atoms with Gasteiger partial charge in [0.15, 0.2) is 0 Å². The van der Waals surface area contributed by atoms with Crippen molar-refractivity contribution in [3.05, 3.63) is 148 Å². The average molecular weight is 707 g/mol. The number of rotatable bonds is 3. The van der Waals surface area contributed by atoms with Crippen molar-refractivity contribution < 1.29 is 13.0 Å². The molecule has 0 radical (unpaired) electrons. The van der Waals surface area contributed by atoms with Crippen molar-refractivity contribution in [2.24, 2.45) is 0 Å². The maximum Gasteiger partial charge on any atom is 0.246 e. The van der Waals surface area contributed by atoms with Crippen molar-refractivity contribution in [3.63, 3.8) is 0 Å². The minimum atomic E-state index is -2.53. The summed E-state index contributed by atoms with van der Waals surface area (Å²) >= 11 is 3.80. The zero-order valence-electron chi connectivity index (χ0n) is 36.2. The molecule has 0 saturated carbocycles. The van der Waals surface area contributed by atoms with E-state index in [2.05, 4.69) is 89.1 Å². The number of fused-ring (bicyclic) bond motifs is 4. The summed E-state index contributed by atoms with van der Waals surface area (Å²) in [7, 11) is 0. The second kappa shape index (κ2) is 12.5. The predicted molar refractivity (Wildman–Crippen MR) is 223 cm³/mol. The van der Waals surface area contributed by atoms with E-state index in [-0.39, 0.29) is 16.3 Å². The van der Waals surface area contributed by atoms with E-state index in [1.807, 2.05) is 66.7 Å². The highest BCUT2D eigenvalue weighted by molar-refractivity contribution is 8.27. The Morgan fingerprint density at radius 2 is 1.25 bits per heavy atom. The van der Waals surface area contributed by atoms with Gasteiger partial charge in [0.25, 0.3) is 0 Å². The van der Waals surface area contributed by atoms with Crippen LogP contribution in [-0.4, -0.2) is 5.99 Å². The molecule has 254 valence electrons. The van der Waals surface area contributed by atoms with Crippen molar-refractivity contribution in [3.8, 4) is 44.9 Å². The molecule has 0 N–H and O–H groups in total. The maximum absolute atomic E-state index is 9.11. The predicted octanol–water partition coefficient (Wildman–Crippen LogP) is 13.3. The van der Waals surface area contributed by atoms with E-state index in [1.54, 1.807) is 25.1 Å². The van der Waals surface area contributed by atoms with E-state index in [0.717, 1.165) is 33.4 Å². The van der Waals surface area contributed by atoms with Crippen LogP contribution in [0.15, 0.2) is 119 Å². The van der Waals surface area contributed by atoms with Crippen LogP contribution < -0.4 is 10.2 Å². The van der Waals surface area contributed by atoms with Gasteiger partial charge in [-0.3, -0.25) is 0 Å². The van der Waals surface area contributed by atoms with Gasteiger partial charge in [0, 0.05) is 44.9 Å². The standard InChI is InChI=1S/C47H45BOS2/c1-28-24-26-32(30(3)42(28)34-16-14-19-37-44(34)49-40-22-12-10-18-36(40)46(37,5)6)33-27-25-29(2)43(31(33)4)35-17-15-20-38-45(35)51-48(9)39-21-11-13-23-41(39)50-47(38,7)8/h10-27H,1-9H3/i3D3,5D3. The molecule has 8 rings (SSSR count). The Morgan fingerprint density at radius 3 is 2.00 bits per heavy atom. The quantitative estimate of drug-likeness (QED) is 0.170. The van der Waals surface area contributed by atoms with Crippen molar-refractivity contribution in [1.29, 1.82) is 0 Å². The fourth-order valence-corrected chi connectivity index (χ4v) is 11.0. The number of ether oxygens (including phenoxy) is 1. The Kier molecular flexibility index (Phi) is 6.76. The molecule has 6 aromatic carbocycles. The SMILES string of the molecule is [2H]C([2H])([2H])c1c(-c2ccc(C)c(-c3cccc4c3SB(C)c3ccccc3SC4(C)C)c2C)ccc(C)c1-c1cccc2c1Oc1ccccc1C2(C)C([2H])([2H])[2H]. The first-order chi connectivity index (χ1) is 26.8. The maximum atomic E-state index is 9.11. The molecule has 0 aromatic heterocycles. The van der Waals surface area contributed by atoms with E-state index in [1.165, 1.54) is 20.8 Å². The third-order valence-electron chi connectivity index (χ3n) is 10.8. The van der Waals surface area contributed by atoms with Crippen LogP contribution in [0.4, 0.5) is 0 Å². The summed E-state index contributed by atoms with van der Waals surface area (Å²) in [5, 5.41) is 0. The van der Waals surface area contributed by atoms with Gasteiger partial charge >= 0.3 is 0 Å². The van der Waals surface area contributed by atoms with Crippen LogP contribution in [0.3, 0.4) is 0 Å². The van der Waals surface area contributed by atoms with Gasteiger partial charge in [-0.2, -0.15) is 11.6 Å². The summed E-state index contributed by atoms with van der Waals surface area (Å²) in [6, 6.07) is 36.1. The van der Waals surface area contributed by atoms with Crippen LogP contribution in [0.2, 0.25) is 6.82 Å². The van der Waals surface area contributed by atoms with Gasteiger partial charge < -0.3 is 4.74 Å². The lowest BCUT2D eigenvalue weighted by molar-refractivity contribution is 0.419. The van der Waals surface area contributed by atoms with Gasteiger partial charge in [-0.05, 0) is 109 Å². The highest BCUT2D eigenvalue weighted by Crippen LogP contribution is 2.54. The summed E-state index contributed by atoms with van der Waals surface area (Å²) < 4.78 is 60.0. The molecule has 2 aliphatic heterocycles. The average Bonchev–Trinajstić information content (AvgIpc) is 3.14. The summed E-state index contributed by atoms with van der Waals surface area (Å²) in [5.74, 6) is 1.04. The molecule has 4 heteroatoms.